The van der Waals surface area contributed by atoms with Crippen molar-refractivity contribution < 1.29 is 12.8 Å². The summed E-state index contributed by atoms with van der Waals surface area (Å²) in [4.78, 5) is 0. The van der Waals surface area contributed by atoms with Crippen LogP contribution < -0.4 is 5.73 Å². The fourth-order valence-corrected chi connectivity index (χ4v) is 3.45. The molecular formula is C17H19ClFNO2S. The summed E-state index contributed by atoms with van der Waals surface area (Å²) in [6.07, 6.45) is 2.13. The molecule has 6 heteroatoms. The predicted octanol–water partition coefficient (Wildman–Crippen LogP) is 3.27. The van der Waals surface area contributed by atoms with Crippen molar-refractivity contribution >= 4 is 22.2 Å². The van der Waals surface area contributed by atoms with Gasteiger partial charge >= 0.3 is 0 Å². The number of halogens is 2. The highest BCUT2D eigenvalue weighted by atomic mass is 35.5. The molecule has 0 unspecified atom stereocenters. The van der Waals surface area contributed by atoms with E-state index >= 15 is 0 Å². The van der Waals surface area contributed by atoms with Gasteiger partial charge in [0.1, 0.15) is 5.82 Å². The van der Waals surface area contributed by atoms with Gasteiger partial charge in [-0.05, 0) is 35.2 Å². The van der Waals surface area contributed by atoms with Crippen LogP contribution in [0.4, 0.5) is 4.39 Å². The zero-order valence-corrected chi connectivity index (χ0v) is 14.3. The molecule has 2 aromatic carbocycles. The molecule has 0 radical (unpaired) electrons. The number of sulfone groups is 1. The van der Waals surface area contributed by atoms with E-state index < -0.39 is 15.7 Å². The second-order valence-corrected chi connectivity index (χ2v) is 8.14. The van der Waals surface area contributed by atoms with E-state index in [9.17, 15) is 12.8 Å². The van der Waals surface area contributed by atoms with Crippen molar-refractivity contribution in [3.8, 4) is 11.1 Å². The van der Waals surface area contributed by atoms with Crippen LogP contribution in [0.2, 0.25) is 0 Å². The summed E-state index contributed by atoms with van der Waals surface area (Å²) in [6.45, 7) is 0. The molecule has 0 amide bonds. The SMILES string of the molecule is CS(=O)(=O)Cc1cc(-c2ccc([C@H]3C[C@@H]3N)cc2)ccc1F.Cl. The molecule has 0 saturated heterocycles. The van der Waals surface area contributed by atoms with Crippen LogP contribution in [-0.4, -0.2) is 20.7 Å². The average molecular weight is 356 g/mol. The molecule has 124 valence electrons. The molecule has 0 aliphatic heterocycles. The zero-order valence-electron chi connectivity index (χ0n) is 12.7. The molecule has 2 N–H and O–H groups in total. The van der Waals surface area contributed by atoms with Crippen LogP contribution in [0.1, 0.15) is 23.5 Å². The fourth-order valence-electron chi connectivity index (χ4n) is 2.67. The minimum Gasteiger partial charge on any atom is -0.327 e. The summed E-state index contributed by atoms with van der Waals surface area (Å²) in [5.41, 5.74) is 9.01. The van der Waals surface area contributed by atoms with E-state index in [2.05, 4.69) is 0 Å². The standard InChI is InChI=1S/C17H18FNO2S.ClH/c1-22(20,21)10-14-8-13(6-7-16(14)18)11-2-4-12(5-3-11)15-9-17(15)19;/h2-8,15,17H,9-10,19H2,1H3;1H/t15-,17+;/m1./s1. The minimum absolute atomic E-state index is 0. The summed E-state index contributed by atoms with van der Waals surface area (Å²) in [5.74, 6) is -0.334. The Bertz CT molecular complexity index is 806. The van der Waals surface area contributed by atoms with Gasteiger partial charge in [-0.2, -0.15) is 0 Å². The van der Waals surface area contributed by atoms with Crippen molar-refractivity contribution in [3.05, 3.63) is 59.4 Å². The van der Waals surface area contributed by atoms with E-state index in [0.29, 0.717) is 5.92 Å². The summed E-state index contributed by atoms with van der Waals surface area (Å²) >= 11 is 0. The predicted molar refractivity (Wildman–Crippen MR) is 93.0 cm³/mol. The molecule has 1 saturated carbocycles. The summed E-state index contributed by atoms with van der Waals surface area (Å²) < 4.78 is 36.5. The van der Waals surface area contributed by atoms with Gasteiger partial charge in [0.15, 0.2) is 9.84 Å². The Morgan fingerprint density at radius 1 is 1.13 bits per heavy atom. The molecule has 23 heavy (non-hydrogen) atoms. The highest BCUT2D eigenvalue weighted by Gasteiger charge is 2.34. The Morgan fingerprint density at radius 3 is 2.22 bits per heavy atom. The van der Waals surface area contributed by atoms with Gasteiger partial charge in [-0.25, -0.2) is 12.8 Å². The first-order valence-corrected chi connectivity index (χ1v) is 9.21. The zero-order chi connectivity index (χ0) is 15.9. The van der Waals surface area contributed by atoms with Gasteiger partial charge in [-0.15, -0.1) is 12.4 Å². The molecule has 0 heterocycles. The van der Waals surface area contributed by atoms with Gasteiger partial charge in [0.05, 0.1) is 5.75 Å². The van der Waals surface area contributed by atoms with E-state index in [1.54, 1.807) is 12.1 Å². The third-order valence-electron chi connectivity index (χ3n) is 3.98. The first-order chi connectivity index (χ1) is 10.3. The summed E-state index contributed by atoms with van der Waals surface area (Å²) in [7, 11) is -3.27. The molecule has 1 aliphatic rings. The maximum atomic E-state index is 13.8. The highest BCUT2D eigenvalue weighted by Crippen LogP contribution is 2.39. The van der Waals surface area contributed by atoms with Crippen LogP contribution in [0.3, 0.4) is 0 Å². The van der Waals surface area contributed by atoms with Crippen molar-refractivity contribution in [2.24, 2.45) is 5.73 Å². The Kier molecular flexibility index (Phi) is 5.14. The lowest BCUT2D eigenvalue weighted by Crippen LogP contribution is -2.03. The summed E-state index contributed by atoms with van der Waals surface area (Å²) in [6, 6.07) is 12.9. The van der Waals surface area contributed by atoms with Crippen LogP contribution in [0.25, 0.3) is 11.1 Å². The van der Waals surface area contributed by atoms with Gasteiger partial charge in [0.25, 0.3) is 0 Å². The number of rotatable bonds is 4. The largest absolute Gasteiger partial charge is 0.327 e. The van der Waals surface area contributed by atoms with Gasteiger partial charge < -0.3 is 5.73 Å². The molecule has 3 rings (SSSR count). The molecule has 2 aromatic rings. The molecule has 0 bridgehead atoms. The quantitative estimate of drug-likeness (QED) is 0.915. The molecule has 1 fully saturated rings. The number of benzene rings is 2. The Morgan fingerprint density at radius 2 is 1.70 bits per heavy atom. The lowest BCUT2D eigenvalue weighted by Gasteiger charge is -2.08. The van der Waals surface area contributed by atoms with Crippen LogP contribution in [-0.2, 0) is 15.6 Å². The van der Waals surface area contributed by atoms with Gasteiger partial charge in [-0.3, -0.25) is 0 Å². The molecule has 2 atom stereocenters. The Balaban J connectivity index is 0.00000192. The van der Waals surface area contributed by atoms with Crippen molar-refractivity contribution in [1.29, 1.82) is 0 Å². The second-order valence-electron chi connectivity index (χ2n) is 6.00. The molecular weight excluding hydrogens is 337 g/mol. The lowest BCUT2D eigenvalue weighted by atomic mass is 10.0. The van der Waals surface area contributed by atoms with E-state index in [-0.39, 0.29) is 29.8 Å². The van der Waals surface area contributed by atoms with Gasteiger partial charge in [0.2, 0.25) is 0 Å². The van der Waals surface area contributed by atoms with Crippen molar-refractivity contribution in [1.82, 2.24) is 0 Å². The number of hydrogen-bond donors (Lipinski definition) is 1. The van der Waals surface area contributed by atoms with E-state index in [0.717, 1.165) is 23.8 Å². The fraction of sp³-hybridized carbons (Fsp3) is 0.294. The van der Waals surface area contributed by atoms with E-state index in [4.69, 9.17) is 5.73 Å². The third-order valence-corrected chi connectivity index (χ3v) is 4.81. The van der Waals surface area contributed by atoms with Crippen LogP contribution >= 0.6 is 12.4 Å². The molecule has 0 aromatic heterocycles. The van der Waals surface area contributed by atoms with Crippen molar-refractivity contribution in [3.63, 3.8) is 0 Å². The van der Waals surface area contributed by atoms with Crippen molar-refractivity contribution in [2.75, 3.05) is 6.26 Å². The van der Waals surface area contributed by atoms with E-state index in [1.807, 2.05) is 24.3 Å². The summed E-state index contributed by atoms with van der Waals surface area (Å²) in [5, 5.41) is 0. The van der Waals surface area contributed by atoms with Crippen LogP contribution in [0.5, 0.6) is 0 Å². The lowest BCUT2D eigenvalue weighted by molar-refractivity contribution is 0.592. The highest BCUT2D eigenvalue weighted by molar-refractivity contribution is 7.89. The maximum absolute atomic E-state index is 13.8. The average Bonchev–Trinajstić information content (AvgIpc) is 3.17. The minimum atomic E-state index is -3.27. The number of nitrogens with two attached hydrogens (primary N) is 1. The topological polar surface area (TPSA) is 60.2 Å². The first kappa shape index (κ1) is 17.9. The van der Waals surface area contributed by atoms with Crippen LogP contribution in [0, 0.1) is 5.82 Å². The van der Waals surface area contributed by atoms with Crippen molar-refractivity contribution in [2.45, 2.75) is 24.1 Å². The second kappa shape index (κ2) is 6.59. The van der Waals surface area contributed by atoms with Gasteiger partial charge in [-0.1, -0.05) is 30.3 Å². The van der Waals surface area contributed by atoms with Gasteiger partial charge in [0, 0.05) is 23.8 Å². The molecule has 3 nitrogen and oxygen atoms in total. The first-order valence-electron chi connectivity index (χ1n) is 7.15. The smallest absolute Gasteiger partial charge is 0.151 e. The monoisotopic (exact) mass is 355 g/mol. The molecule has 1 aliphatic carbocycles. The van der Waals surface area contributed by atoms with E-state index in [1.165, 1.54) is 11.6 Å². The third kappa shape index (κ3) is 4.31. The normalized spacial score (nSPS) is 20.0. The Labute approximate surface area is 142 Å². The number of hydrogen-bond acceptors (Lipinski definition) is 3. The molecule has 0 spiro atoms. The Hall–Kier alpha value is -1.43. The van der Waals surface area contributed by atoms with Crippen LogP contribution in [0.15, 0.2) is 42.5 Å². The maximum Gasteiger partial charge on any atom is 0.151 e.